The van der Waals surface area contributed by atoms with Crippen LogP contribution in [0.2, 0.25) is 0 Å². The van der Waals surface area contributed by atoms with E-state index < -0.39 is 0 Å². The molecule has 1 aliphatic heterocycles. The topological polar surface area (TPSA) is 23.5 Å². The number of hydrogen-bond acceptors (Lipinski definition) is 2. The molecule has 0 bridgehead atoms. The minimum atomic E-state index is -0.168. The largest absolute Gasteiger partial charge is 0.393 e. The van der Waals surface area contributed by atoms with Gasteiger partial charge in [-0.05, 0) is 50.5 Å². The monoisotopic (exact) mass is 255 g/mol. The van der Waals surface area contributed by atoms with Crippen molar-refractivity contribution >= 4 is 0 Å². The van der Waals surface area contributed by atoms with Gasteiger partial charge in [0.05, 0.1) is 12.8 Å². The van der Waals surface area contributed by atoms with E-state index in [0.717, 1.165) is 32.4 Å². The lowest BCUT2D eigenvalue weighted by atomic mass is 9.67. The molecule has 104 valence electrons. The van der Waals surface area contributed by atoms with E-state index in [1.165, 1.54) is 32.1 Å². The first-order valence-corrected chi connectivity index (χ1v) is 7.71. The molecule has 0 amide bonds. The van der Waals surface area contributed by atoms with Gasteiger partial charge < -0.3 is 5.11 Å². The van der Waals surface area contributed by atoms with Crippen LogP contribution < -0.4 is 0 Å². The van der Waals surface area contributed by atoms with Gasteiger partial charge in [0.2, 0.25) is 0 Å². The van der Waals surface area contributed by atoms with Gasteiger partial charge in [0.15, 0.2) is 0 Å². The summed E-state index contributed by atoms with van der Waals surface area (Å²) in [5.41, 5.74) is 0.463. The third-order valence-electron chi connectivity index (χ3n) is 5.75. The van der Waals surface area contributed by atoms with E-state index in [1.807, 2.05) is 0 Å². The molecule has 3 fully saturated rings. The van der Waals surface area contributed by atoms with Crippen molar-refractivity contribution in [2.75, 3.05) is 19.8 Å². The van der Waals surface area contributed by atoms with Crippen LogP contribution >= 0.6 is 0 Å². The molecule has 1 N–H and O–H groups in total. The van der Waals surface area contributed by atoms with E-state index in [-0.39, 0.29) is 18.7 Å². The Morgan fingerprint density at radius 3 is 2.61 bits per heavy atom. The van der Waals surface area contributed by atoms with Crippen molar-refractivity contribution < 1.29 is 9.50 Å². The maximum absolute atomic E-state index is 12.8. The summed E-state index contributed by atoms with van der Waals surface area (Å²) in [6, 6.07) is 0.528. The molecule has 0 aromatic heterocycles. The van der Waals surface area contributed by atoms with Crippen LogP contribution in [0.25, 0.3) is 0 Å². The van der Waals surface area contributed by atoms with Crippen molar-refractivity contribution in [2.24, 2.45) is 11.3 Å². The molecule has 2 aliphatic carbocycles. The highest BCUT2D eigenvalue weighted by molar-refractivity contribution is 5.01. The Morgan fingerprint density at radius 2 is 1.94 bits per heavy atom. The lowest BCUT2D eigenvalue weighted by Gasteiger charge is -2.48. The fraction of sp³-hybridized carbons (Fsp3) is 1.00. The van der Waals surface area contributed by atoms with Gasteiger partial charge in [0.25, 0.3) is 0 Å². The maximum atomic E-state index is 12.8. The second kappa shape index (κ2) is 5.09. The number of halogens is 1. The molecule has 1 spiro atoms. The molecular weight excluding hydrogens is 229 g/mol. The predicted molar refractivity (Wildman–Crippen MR) is 70.2 cm³/mol. The molecule has 0 aromatic rings. The van der Waals surface area contributed by atoms with Crippen molar-refractivity contribution in [1.29, 1.82) is 0 Å². The summed E-state index contributed by atoms with van der Waals surface area (Å²) >= 11 is 0. The highest BCUT2D eigenvalue weighted by Gasteiger charge is 2.48. The molecule has 0 radical (unpaired) electrons. The van der Waals surface area contributed by atoms with Crippen LogP contribution in [0.5, 0.6) is 0 Å². The van der Waals surface area contributed by atoms with E-state index in [4.69, 9.17) is 0 Å². The van der Waals surface area contributed by atoms with Gasteiger partial charge in [-0.3, -0.25) is 9.29 Å². The third kappa shape index (κ3) is 2.20. The minimum Gasteiger partial charge on any atom is -0.393 e. The minimum absolute atomic E-state index is 0.120. The summed E-state index contributed by atoms with van der Waals surface area (Å²) in [7, 11) is 0. The molecule has 1 heterocycles. The fourth-order valence-electron chi connectivity index (χ4n) is 4.72. The van der Waals surface area contributed by atoms with Crippen molar-refractivity contribution in [3.63, 3.8) is 0 Å². The number of hydrogen-bond donors (Lipinski definition) is 1. The van der Waals surface area contributed by atoms with Crippen molar-refractivity contribution in [2.45, 2.75) is 63.5 Å². The van der Waals surface area contributed by atoms with Gasteiger partial charge >= 0.3 is 0 Å². The molecule has 2 nitrogen and oxygen atoms in total. The number of rotatable bonds is 2. The van der Waals surface area contributed by atoms with Gasteiger partial charge in [-0.15, -0.1) is 0 Å². The van der Waals surface area contributed by atoms with Crippen molar-refractivity contribution in [3.05, 3.63) is 0 Å². The van der Waals surface area contributed by atoms with Gasteiger partial charge in [-0.1, -0.05) is 12.8 Å². The summed E-state index contributed by atoms with van der Waals surface area (Å²) < 4.78 is 12.8. The van der Waals surface area contributed by atoms with Gasteiger partial charge in [0, 0.05) is 18.5 Å². The smallest absolute Gasteiger partial charge is 0.0935 e. The Hall–Kier alpha value is -0.150. The van der Waals surface area contributed by atoms with E-state index >= 15 is 0 Å². The first-order chi connectivity index (χ1) is 8.73. The molecule has 0 aromatic carbocycles. The molecule has 3 aliphatic rings. The summed E-state index contributed by atoms with van der Waals surface area (Å²) in [5.74, 6) is 0.252. The molecular formula is C15H26FNO. The third-order valence-corrected chi connectivity index (χ3v) is 5.75. The zero-order valence-electron chi connectivity index (χ0n) is 11.3. The van der Waals surface area contributed by atoms with E-state index in [9.17, 15) is 9.50 Å². The zero-order chi connectivity index (χ0) is 12.6. The van der Waals surface area contributed by atoms with Crippen LogP contribution in [0.1, 0.15) is 51.4 Å². The fourth-order valence-corrected chi connectivity index (χ4v) is 4.72. The molecule has 18 heavy (non-hydrogen) atoms. The Labute approximate surface area is 110 Å². The lowest BCUT2D eigenvalue weighted by Crippen LogP contribution is -2.50. The quantitative estimate of drug-likeness (QED) is 0.820. The number of aliphatic hydroxyl groups is 1. The molecule has 3 atom stereocenters. The SMILES string of the molecule is OC1CCC2(CCCC2)C(N2CCC(CF)C2)C1. The Morgan fingerprint density at radius 1 is 1.17 bits per heavy atom. The highest BCUT2D eigenvalue weighted by Crippen LogP contribution is 2.51. The molecule has 1 saturated heterocycles. The second-order valence-electron chi connectivity index (χ2n) is 6.82. The van der Waals surface area contributed by atoms with E-state index in [0.29, 0.717) is 11.5 Å². The molecule has 3 heteroatoms. The van der Waals surface area contributed by atoms with Crippen LogP contribution in [0, 0.1) is 11.3 Å². The van der Waals surface area contributed by atoms with Crippen LogP contribution in [0.15, 0.2) is 0 Å². The molecule has 3 rings (SSSR count). The average molecular weight is 255 g/mol. The summed E-state index contributed by atoms with van der Waals surface area (Å²) in [4.78, 5) is 2.51. The number of aliphatic hydroxyl groups excluding tert-OH is 1. The van der Waals surface area contributed by atoms with E-state index in [1.54, 1.807) is 0 Å². The standard InChI is InChI=1S/C15H26FNO/c16-10-12-4-8-17(11-12)14-9-13(18)3-7-15(14)5-1-2-6-15/h12-14,18H,1-11H2. The summed E-state index contributed by atoms with van der Waals surface area (Å²) in [6.45, 7) is 1.81. The Bertz CT molecular complexity index is 290. The van der Waals surface area contributed by atoms with Gasteiger partial charge in [-0.2, -0.15) is 0 Å². The molecule has 2 saturated carbocycles. The first-order valence-electron chi connectivity index (χ1n) is 7.71. The van der Waals surface area contributed by atoms with Gasteiger partial charge in [-0.25, -0.2) is 0 Å². The Kier molecular flexibility index (Phi) is 3.63. The summed E-state index contributed by atoms with van der Waals surface area (Å²) in [6.07, 6.45) is 9.37. The molecule has 3 unspecified atom stereocenters. The maximum Gasteiger partial charge on any atom is 0.0935 e. The number of nitrogens with zero attached hydrogens (tertiary/aromatic N) is 1. The van der Waals surface area contributed by atoms with Crippen LogP contribution in [-0.2, 0) is 0 Å². The van der Waals surface area contributed by atoms with Crippen molar-refractivity contribution in [1.82, 2.24) is 4.90 Å². The van der Waals surface area contributed by atoms with Crippen LogP contribution in [0.4, 0.5) is 4.39 Å². The second-order valence-corrected chi connectivity index (χ2v) is 6.82. The number of alkyl halides is 1. The van der Waals surface area contributed by atoms with E-state index in [2.05, 4.69) is 4.90 Å². The highest BCUT2D eigenvalue weighted by atomic mass is 19.1. The Balaban J connectivity index is 1.74. The summed E-state index contributed by atoms with van der Waals surface area (Å²) in [5, 5.41) is 10.0. The average Bonchev–Trinajstić information content (AvgIpc) is 3.03. The van der Waals surface area contributed by atoms with Gasteiger partial charge in [0.1, 0.15) is 0 Å². The zero-order valence-corrected chi connectivity index (χ0v) is 11.3. The lowest BCUT2D eigenvalue weighted by molar-refractivity contribution is -0.0193. The predicted octanol–water partition coefficient (Wildman–Crippen LogP) is 2.75. The normalized spacial score (nSPS) is 40.7. The van der Waals surface area contributed by atoms with Crippen LogP contribution in [0.3, 0.4) is 0 Å². The van der Waals surface area contributed by atoms with Crippen LogP contribution in [-0.4, -0.2) is 41.9 Å². The first kappa shape index (κ1) is 12.9. The van der Waals surface area contributed by atoms with Crippen molar-refractivity contribution in [3.8, 4) is 0 Å². The number of likely N-dealkylation sites (tertiary alicyclic amines) is 1.